The van der Waals surface area contributed by atoms with E-state index in [0.717, 1.165) is 22.4 Å². The Morgan fingerprint density at radius 1 is 1.15 bits per heavy atom. The first-order chi connectivity index (χ1) is 9.55. The zero-order valence-corrected chi connectivity index (χ0v) is 11.0. The molecular formula is C17H12FNO. The number of carbonyl (C=O) groups is 1. The number of hydrogen-bond donors (Lipinski definition) is 0. The normalized spacial score (nSPS) is 22.8. The van der Waals surface area contributed by atoms with Crippen molar-refractivity contribution in [3.8, 4) is 0 Å². The molecule has 4 rings (SSSR count). The fourth-order valence-corrected chi connectivity index (χ4v) is 3.39. The largest absolute Gasteiger partial charge is 0.294 e. The average Bonchev–Trinajstić information content (AvgIpc) is 2.81. The van der Waals surface area contributed by atoms with Gasteiger partial charge in [0, 0.05) is 11.1 Å². The van der Waals surface area contributed by atoms with Crippen LogP contribution in [-0.2, 0) is 5.54 Å². The Labute approximate surface area is 116 Å². The molecule has 2 aromatic rings. The summed E-state index contributed by atoms with van der Waals surface area (Å²) in [5.74, 6) is -0.356. The molecule has 2 aliphatic heterocycles. The first-order valence-corrected chi connectivity index (χ1v) is 6.48. The molecule has 0 saturated heterocycles. The monoisotopic (exact) mass is 265 g/mol. The van der Waals surface area contributed by atoms with E-state index in [2.05, 4.69) is 6.58 Å². The van der Waals surface area contributed by atoms with Gasteiger partial charge >= 0.3 is 0 Å². The summed E-state index contributed by atoms with van der Waals surface area (Å²) in [4.78, 5) is 14.4. The minimum absolute atomic E-state index is 0.0467. The van der Waals surface area contributed by atoms with Crippen LogP contribution in [-0.4, -0.2) is 5.91 Å². The predicted molar refractivity (Wildman–Crippen MR) is 76.0 cm³/mol. The number of nitrogens with zero attached hydrogens (tertiary/aromatic N) is 1. The molecule has 2 aromatic carbocycles. The van der Waals surface area contributed by atoms with E-state index in [1.165, 1.54) is 12.1 Å². The fourth-order valence-electron chi connectivity index (χ4n) is 3.39. The van der Waals surface area contributed by atoms with Crippen LogP contribution in [0.3, 0.4) is 0 Å². The molecule has 1 unspecified atom stereocenters. The highest BCUT2D eigenvalue weighted by molar-refractivity contribution is 6.18. The van der Waals surface area contributed by atoms with Crippen molar-refractivity contribution < 1.29 is 9.18 Å². The molecule has 0 N–H and O–H groups in total. The lowest BCUT2D eigenvalue weighted by Crippen LogP contribution is -2.37. The Hall–Kier alpha value is -2.42. The summed E-state index contributed by atoms with van der Waals surface area (Å²) < 4.78 is 13.5. The average molecular weight is 265 g/mol. The number of halogens is 1. The second-order valence-electron chi connectivity index (χ2n) is 5.40. The van der Waals surface area contributed by atoms with E-state index in [1.807, 2.05) is 31.2 Å². The number of anilines is 1. The van der Waals surface area contributed by atoms with E-state index in [4.69, 9.17) is 0 Å². The van der Waals surface area contributed by atoms with Gasteiger partial charge < -0.3 is 0 Å². The number of amides is 1. The van der Waals surface area contributed by atoms with E-state index in [9.17, 15) is 9.18 Å². The van der Waals surface area contributed by atoms with Crippen molar-refractivity contribution in [3.05, 3.63) is 71.6 Å². The highest BCUT2D eigenvalue weighted by Crippen LogP contribution is 2.56. The molecule has 0 bridgehead atoms. The second kappa shape index (κ2) is 3.37. The Kier molecular flexibility index (Phi) is 1.92. The summed E-state index contributed by atoms with van der Waals surface area (Å²) in [5.41, 5.74) is 3.25. The highest BCUT2D eigenvalue weighted by Gasteiger charge is 2.54. The lowest BCUT2D eigenvalue weighted by molar-refractivity contribution is 0.0988. The van der Waals surface area contributed by atoms with Gasteiger partial charge in [-0.1, -0.05) is 24.8 Å². The van der Waals surface area contributed by atoms with Crippen molar-refractivity contribution >= 4 is 17.2 Å². The lowest BCUT2D eigenvalue weighted by Gasteiger charge is -2.29. The van der Waals surface area contributed by atoms with Crippen molar-refractivity contribution in [2.24, 2.45) is 0 Å². The second-order valence-corrected chi connectivity index (χ2v) is 5.40. The van der Waals surface area contributed by atoms with Crippen LogP contribution in [0, 0.1) is 5.82 Å². The summed E-state index contributed by atoms with van der Waals surface area (Å²) in [7, 11) is 0. The van der Waals surface area contributed by atoms with Crippen LogP contribution in [0.2, 0.25) is 0 Å². The molecule has 98 valence electrons. The summed E-state index contributed by atoms with van der Waals surface area (Å²) in [6.07, 6.45) is 0. The fraction of sp³-hybridized carbons (Fsp3) is 0.118. The Balaban J connectivity index is 2.06. The number of hydrogen-bond acceptors (Lipinski definition) is 1. The number of rotatable bonds is 0. The quantitative estimate of drug-likeness (QED) is 0.710. The summed E-state index contributed by atoms with van der Waals surface area (Å²) in [6.45, 7) is 6.09. The maximum atomic E-state index is 13.5. The first-order valence-electron chi connectivity index (χ1n) is 6.48. The molecular weight excluding hydrogens is 253 g/mol. The molecule has 2 heterocycles. The third kappa shape index (κ3) is 1.07. The molecule has 2 nitrogen and oxygen atoms in total. The van der Waals surface area contributed by atoms with Gasteiger partial charge in [-0.15, -0.1) is 0 Å². The molecule has 20 heavy (non-hydrogen) atoms. The first kappa shape index (κ1) is 11.4. The topological polar surface area (TPSA) is 20.3 Å². The van der Waals surface area contributed by atoms with Gasteiger partial charge in [0.2, 0.25) is 0 Å². The maximum Gasteiger partial charge on any atom is 0.259 e. The molecule has 0 saturated carbocycles. The van der Waals surface area contributed by atoms with Gasteiger partial charge in [0.15, 0.2) is 0 Å². The van der Waals surface area contributed by atoms with Gasteiger partial charge in [-0.05, 0) is 42.3 Å². The van der Waals surface area contributed by atoms with Gasteiger partial charge in [-0.2, -0.15) is 0 Å². The summed E-state index contributed by atoms with van der Waals surface area (Å²) in [5, 5.41) is 0. The van der Waals surface area contributed by atoms with E-state index < -0.39 is 5.54 Å². The third-order valence-corrected chi connectivity index (χ3v) is 4.44. The zero-order valence-electron chi connectivity index (χ0n) is 11.0. The van der Waals surface area contributed by atoms with Gasteiger partial charge in [0.1, 0.15) is 5.82 Å². The van der Waals surface area contributed by atoms with Crippen molar-refractivity contribution in [2.45, 2.75) is 12.5 Å². The Morgan fingerprint density at radius 2 is 1.90 bits per heavy atom. The van der Waals surface area contributed by atoms with Crippen LogP contribution in [0.1, 0.15) is 28.4 Å². The van der Waals surface area contributed by atoms with E-state index in [0.29, 0.717) is 5.56 Å². The van der Waals surface area contributed by atoms with Crippen LogP contribution in [0.4, 0.5) is 10.1 Å². The van der Waals surface area contributed by atoms with E-state index in [-0.39, 0.29) is 11.7 Å². The molecule has 0 spiro atoms. The van der Waals surface area contributed by atoms with Crippen LogP contribution in [0.15, 0.2) is 49.0 Å². The van der Waals surface area contributed by atoms with Crippen LogP contribution < -0.4 is 4.90 Å². The summed E-state index contributed by atoms with van der Waals surface area (Å²) >= 11 is 0. The van der Waals surface area contributed by atoms with Crippen molar-refractivity contribution in [1.82, 2.24) is 0 Å². The van der Waals surface area contributed by atoms with Gasteiger partial charge in [0.25, 0.3) is 5.91 Å². The molecule has 1 atom stereocenters. The minimum Gasteiger partial charge on any atom is -0.294 e. The Morgan fingerprint density at radius 3 is 2.70 bits per heavy atom. The third-order valence-electron chi connectivity index (χ3n) is 4.44. The Bertz CT molecular complexity index is 795. The molecule has 1 amide bonds. The predicted octanol–water partition coefficient (Wildman–Crippen LogP) is 3.73. The van der Waals surface area contributed by atoms with Gasteiger partial charge in [0.05, 0.1) is 11.2 Å². The molecule has 3 heteroatoms. The minimum atomic E-state index is -0.607. The van der Waals surface area contributed by atoms with Gasteiger partial charge in [-0.25, -0.2) is 4.39 Å². The molecule has 0 radical (unpaired) electrons. The smallest absolute Gasteiger partial charge is 0.259 e. The van der Waals surface area contributed by atoms with Crippen molar-refractivity contribution in [2.75, 3.05) is 4.90 Å². The molecule has 0 fully saturated rings. The lowest BCUT2D eigenvalue weighted by atomic mass is 9.85. The maximum absolute atomic E-state index is 13.5. The number of fused-ring (bicyclic) bond motifs is 5. The van der Waals surface area contributed by atoms with E-state index >= 15 is 0 Å². The number of carbonyl (C=O) groups excluding carboxylic acids is 1. The van der Waals surface area contributed by atoms with Crippen LogP contribution >= 0.6 is 0 Å². The van der Waals surface area contributed by atoms with Crippen molar-refractivity contribution in [1.29, 1.82) is 0 Å². The van der Waals surface area contributed by atoms with Gasteiger partial charge in [-0.3, -0.25) is 9.69 Å². The molecule has 0 aliphatic carbocycles. The number of benzene rings is 2. The SMILES string of the molecule is C=C1c2cc(F)ccc2N2C(=O)c3ccccc3C12C. The van der Waals surface area contributed by atoms with Crippen molar-refractivity contribution in [3.63, 3.8) is 0 Å². The van der Waals surface area contributed by atoms with E-state index in [1.54, 1.807) is 11.0 Å². The molecule has 2 aliphatic rings. The van der Waals surface area contributed by atoms with Crippen LogP contribution in [0.25, 0.3) is 5.57 Å². The standard InChI is InChI=1S/C17H12FNO/c1-10-13-9-11(18)7-8-15(13)19-16(20)12-5-3-4-6-14(12)17(10,19)2/h3-9H,1H2,2H3. The summed E-state index contributed by atoms with van der Waals surface area (Å²) in [6, 6.07) is 12.0. The van der Waals surface area contributed by atoms with Crippen LogP contribution in [0.5, 0.6) is 0 Å². The highest BCUT2D eigenvalue weighted by atomic mass is 19.1. The zero-order chi connectivity index (χ0) is 14.1. The molecule has 0 aromatic heterocycles.